The van der Waals surface area contributed by atoms with Crippen molar-refractivity contribution in [2.24, 2.45) is 7.05 Å². The molecular weight excluding hydrogens is 418 g/mol. The number of tetrazole rings is 1. The fourth-order valence-corrected chi connectivity index (χ4v) is 3.06. The van der Waals surface area contributed by atoms with Crippen LogP contribution in [0, 0.1) is 11.6 Å². The Morgan fingerprint density at radius 2 is 1.93 bits per heavy atom. The standard InChI is InChI=1S/C18H15ClF2N8O/c1-18(2,17-26-28-29(3)27-17)30-10-6-23-14(15-11(10)16(22)25-7-24-15)8-4-5-9(20)12(19)13(8)21/h4-7H,1-3H3,(H2,22,24,25). The van der Waals surface area contributed by atoms with Crippen molar-refractivity contribution in [3.8, 4) is 17.0 Å². The number of nitrogen functional groups attached to an aromatic ring is 1. The van der Waals surface area contributed by atoms with E-state index in [2.05, 4.69) is 30.4 Å². The van der Waals surface area contributed by atoms with Crippen LogP contribution in [0.1, 0.15) is 19.7 Å². The fraction of sp³-hybridized carbons (Fsp3) is 0.222. The van der Waals surface area contributed by atoms with Crippen LogP contribution in [0.3, 0.4) is 0 Å². The van der Waals surface area contributed by atoms with Gasteiger partial charge in [0.2, 0.25) is 5.82 Å². The predicted octanol–water partition coefficient (Wildman–Crippen LogP) is 3.04. The minimum Gasteiger partial charge on any atom is -0.477 e. The maximum atomic E-state index is 14.6. The Hall–Kier alpha value is -3.47. The van der Waals surface area contributed by atoms with Gasteiger partial charge in [0.25, 0.3) is 0 Å². The van der Waals surface area contributed by atoms with Gasteiger partial charge >= 0.3 is 0 Å². The van der Waals surface area contributed by atoms with E-state index in [1.807, 2.05) is 0 Å². The summed E-state index contributed by atoms with van der Waals surface area (Å²) >= 11 is 5.72. The van der Waals surface area contributed by atoms with E-state index in [0.717, 1.165) is 6.07 Å². The zero-order valence-electron chi connectivity index (χ0n) is 16.1. The summed E-state index contributed by atoms with van der Waals surface area (Å²) in [4.78, 5) is 13.8. The van der Waals surface area contributed by atoms with Crippen LogP contribution in [0.25, 0.3) is 22.2 Å². The van der Waals surface area contributed by atoms with E-state index in [1.165, 1.54) is 23.4 Å². The molecule has 0 fully saturated rings. The van der Waals surface area contributed by atoms with Crippen LogP contribution in [0.4, 0.5) is 14.6 Å². The molecule has 0 aliphatic heterocycles. The van der Waals surface area contributed by atoms with Crippen molar-refractivity contribution in [2.45, 2.75) is 19.4 Å². The summed E-state index contributed by atoms with van der Waals surface area (Å²) < 4.78 is 34.3. The van der Waals surface area contributed by atoms with Crippen molar-refractivity contribution < 1.29 is 13.5 Å². The number of rotatable bonds is 4. The Balaban J connectivity index is 1.89. The van der Waals surface area contributed by atoms with Crippen LogP contribution in [0.2, 0.25) is 5.02 Å². The molecule has 9 nitrogen and oxygen atoms in total. The molecule has 4 aromatic rings. The molecule has 0 unspecified atom stereocenters. The van der Waals surface area contributed by atoms with Crippen molar-refractivity contribution in [3.05, 3.63) is 47.1 Å². The molecule has 1 aromatic carbocycles. The largest absolute Gasteiger partial charge is 0.477 e. The number of hydrogen-bond donors (Lipinski definition) is 1. The lowest BCUT2D eigenvalue weighted by molar-refractivity contribution is 0.0997. The molecule has 3 aromatic heterocycles. The average molecular weight is 433 g/mol. The minimum atomic E-state index is -1.00. The van der Waals surface area contributed by atoms with E-state index in [9.17, 15) is 8.78 Å². The molecule has 12 heteroatoms. The number of anilines is 1. The number of halogens is 3. The van der Waals surface area contributed by atoms with Crippen LogP contribution in [-0.2, 0) is 12.6 Å². The molecule has 0 amide bonds. The SMILES string of the molecule is Cn1nnc(C(C)(C)Oc2cnc(-c3ccc(F)c(Cl)c3F)c3ncnc(N)c23)n1. The van der Waals surface area contributed by atoms with Gasteiger partial charge in [0.05, 0.1) is 24.3 Å². The molecule has 0 spiro atoms. The van der Waals surface area contributed by atoms with Gasteiger partial charge in [-0.25, -0.2) is 23.7 Å². The third-order valence-corrected chi connectivity index (χ3v) is 4.71. The van der Waals surface area contributed by atoms with E-state index in [4.69, 9.17) is 22.1 Å². The van der Waals surface area contributed by atoms with Crippen molar-refractivity contribution in [2.75, 3.05) is 5.73 Å². The molecule has 0 atom stereocenters. The first-order valence-electron chi connectivity index (χ1n) is 8.65. The van der Waals surface area contributed by atoms with Crippen LogP contribution in [0.5, 0.6) is 5.75 Å². The predicted molar refractivity (Wildman–Crippen MR) is 105 cm³/mol. The first kappa shape index (κ1) is 19.8. The van der Waals surface area contributed by atoms with Crippen molar-refractivity contribution in [1.82, 2.24) is 35.2 Å². The molecule has 154 valence electrons. The molecule has 0 aliphatic carbocycles. The second-order valence-electron chi connectivity index (χ2n) is 6.89. The summed E-state index contributed by atoms with van der Waals surface area (Å²) in [6.07, 6.45) is 2.57. The summed E-state index contributed by atoms with van der Waals surface area (Å²) in [6, 6.07) is 2.27. The number of hydrogen-bond acceptors (Lipinski definition) is 8. The topological polar surface area (TPSA) is 118 Å². The Bertz CT molecular complexity index is 1280. The molecule has 0 saturated carbocycles. The minimum absolute atomic E-state index is 0.0362. The smallest absolute Gasteiger partial charge is 0.217 e. The number of aryl methyl sites for hydroxylation is 1. The zero-order chi connectivity index (χ0) is 21.6. The fourth-order valence-electron chi connectivity index (χ4n) is 2.90. The van der Waals surface area contributed by atoms with Crippen molar-refractivity contribution in [3.63, 3.8) is 0 Å². The average Bonchev–Trinajstić information content (AvgIpc) is 3.14. The number of ether oxygens (including phenoxy) is 1. The Morgan fingerprint density at radius 3 is 2.63 bits per heavy atom. The quantitative estimate of drug-likeness (QED) is 0.489. The maximum absolute atomic E-state index is 14.6. The van der Waals surface area contributed by atoms with E-state index in [-0.39, 0.29) is 28.3 Å². The highest BCUT2D eigenvalue weighted by Crippen LogP contribution is 2.38. The van der Waals surface area contributed by atoms with Crippen molar-refractivity contribution >= 4 is 28.3 Å². The lowest BCUT2D eigenvalue weighted by Crippen LogP contribution is -2.27. The second kappa shape index (κ2) is 7.10. The van der Waals surface area contributed by atoms with Gasteiger partial charge in [-0.1, -0.05) is 11.6 Å². The van der Waals surface area contributed by atoms with E-state index >= 15 is 0 Å². The lowest BCUT2D eigenvalue weighted by Gasteiger charge is -2.24. The van der Waals surface area contributed by atoms with Gasteiger partial charge in [-0.05, 0) is 31.2 Å². The number of aromatic nitrogens is 7. The number of fused-ring (bicyclic) bond motifs is 1. The molecular formula is C18H15ClF2N8O. The number of nitrogens with two attached hydrogens (primary N) is 1. The molecule has 0 bridgehead atoms. The summed E-state index contributed by atoms with van der Waals surface area (Å²) in [6.45, 7) is 3.48. The highest BCUT2D eigenvalue weighted by atomic mass is 35.5. The molecule has 30 heavy (non-hydrogen) atoms. The number of nitrogens with zero attached hydrogens (tertiary/aromatic N) is 7. The summed E-state index contributed by atoms with van der Waals surface area (Å²) in [5.74, 6) is -1.18. The van der Waals surface area contributed by atoms with E-state index in [0.29, 0.717) is 11.2 Å². The van der Waals surface area contributed by atoms with E-state index < -0.39 is 22.3 Å². The Kier molecular flexibility index (Phi) is 4.69. The van der Waals surface area contributed by atoms with Gasteiger partial charge in [0.1, 0.15) is 28.5 Å². The molecule has 0 saturated heterocycles. The molecule has 0 aliphatic rings. The van der Waals surface area contributed by atoms with Gasteiger partial charge in [-0.15, -0.1) is 10.2 Å². The first-order chi connectivity index (χ1) is 14.2. The van der Waals surface area contributed by atoms with Gasteiger partial charge in [0.15, 0.2) is 17.2 Å². The summed E-state index contributed by atoms with van der Waals surface area (Å²) in [5.41, 5.74) is 5.36. The van der Waals surface area contributed by atoms with Crippen molar-refractivity contribution in [1.29, 1.82) is 0 Å². The molecule has 0 radical (unpaired) electrons. The Labute approximate surface area is 173 Å². The number of pyridine rings is 1. The summed E-state index contributed by atoms with van der Waals surface area (Å²) in [7, 11) is 1.63. The van der Waals surface area contributed by atoms with Crippen LogP contribution in [0.15, 0.2) is 24.7 Å². The third kappa shape index (κ3) is 3.26. The van der Waals surface area contributed by atoms with Gasteiger partial charge in [-0.3, -0.25) is 0 Å². The molecule has 4 rings (SSSR count). The van der Waals surface area contributed by atoms with Gasteiger partial charge in [-0.2, -0.15) is 4.80 Å². The van der Waals surface area contributed by atoms with Crippen LogP contribution >= 0.6 is 11.6 Å². The third-order valence-electron chi connectivity index (χ3n) is 4.36. The Morgan fingerprint density at radius 1 is 1.17 bits per heavy atom. The summed E-state index contributed by atoms with van der Waals surface area (Å²) in [5, 5.41) is 11.6. The zero-order valence-corrected chi connectivity index (χ0v) is 16.8. The highest BCUT2D eigenvalue weighted by molar-refractivity contribution is 6.31. The monoisotopic (exact) mass is 432 g/mol. The molecule has 3 heterocycles. The maximum Gasteiger partial charge on any atom is 0.217 e. The van der Waals surface area contributed by atoms with E-state index in [1.54, 1.807) is 20.9 Å². The highest BCUT2D eigenvalue weighted by Gasteiger charge is 2.30. The van der Waals surface area contributed by atoms with Gasteiger partial charge in [0, 0.05) is 5.56 Å². The van der Waals surface area contributed by atoms with Gasteiger partial charge < -0.3 is 10.5 Å². The normalized spacial score (nSPS) is 11.8. The molecule has 2 N–H and O–H groups in total. The lowest BCUT2D eigenvalue weighted by atomic mass is 10.1. The van der Waals surface area contributed by atoms with Crippen LogP contribution in [-0.4, -0.2) is 35.2 Å². The van der Waals surface area contributed by atoms with Crippen LogP contribution < -0.4 is 10.5 Å². The second-order valence-corrected chi connectivity index (χ2v) is 7.27. The first-order valence-corrected chi connectivity index (χ1v) is 9.03. The number of benzene rings is 1.